The zero-order valence-corrected chi connectivity index (χ0v) is 15.7. The molecule has 0 radical (unpaired) electrons. The molecule has 0 spiro atoms. The molecule has 0 aromatic heterocycles. The zero-order chi connectivity index (χ0) is 19.6. The predicted molar refractivity (Wildman–Crippen MR) is 97.5 cm³/mol. The highest BCUT2D eigenvalue weighted by atomic mass is 16.6. The molecule has 3 saturated carbocycles. The van der Waals surface area contributed by atoms with Gasteiger partial charge in [0.1, 0.15) is 17.5 Å². The molecule has 2 heterocycles. The van der Waals surface area contributed by atoms with Crippen LogP contribution in [0, 0.1) is 17.8 Å². The van der Waals surface area contributed by atoms with Gasteiger partial charge in [-0.15, -0.1) is 0 Å². The Kier molecular flexibility index (Phi) is 3.81. The standard InChI is InChI=1S/C21H23NO6/c1-27-16(24)8-11-2-4-12(5-3-11)22-7-6-13-14-9-15(23)18(19(13)22)20-21(14,26)10-17(25)28-20/h2-5,13-14,18-20,26H,6-10H2,1H3/t13-,14?,18?,19-,20-,21-/m0/s1. The third-order valence-electron chi connectivity index (χ3n) is 7.17. The number of fused-ring (bicyclic) bond motifs is 1. The van der Waals surface area contributed by atoms with Gasteiger partial charge in [0.2, 0.25) is 0 Å². The van der Waals surface area contributed by atoms with Crippen LogP contribution in [-0.2, 0) is 30.3 Å². The zero-order valence-electron chi connectivity index (χ0n) is 15.7. The van der Waals surface area contributed by atoms with Crippen molar-refractivity contribution in [3.05, 3.63) is 29.8 Å². The van der Waals surface area contributed by atoms with Crippen molar-refractivity contribution >= 4 is 23.4 Å². The van der Waals surface area contributed by atoms with E-state index in [1.807, 2.05) is 24.3 Å². The third kappa shape index (κ3) is 2.35. The first-order chi connectivity index (χ1) is 13.4. The fourth-order valence-corrected chi connectivity index (χ4v) is 6.02. The monoisotopic (exact) mass is 385 g/mol. The van der Waals surface area contributed by atoms with Crippen LogP contribution in [0.5, 0.6) is 0 Å². The number of methoxy groups -OCH3 is 1. The lowest BCUT2D eigenvalue weighted by Crippen LogP contribution is -2.69. The van der Waals surface area contributed by atoms with Crippen molar-refractivity contribution in [2.45, 2.75) is 43.4 Å². The molecule has 0 amide bonds. The van der Waals surface area contributed by atoms with Gasteiger partial charge in [-0.05, 0) is 30.0 Å². The highest BCUT2D eigenvalue weighted by molar-refractivity contribution is 5.89. The number of ether oxygens (including phenoxy) is 2. The lowest BCUT2D eigenvalue weighted by molar-refractivity contribution is -0.188. The van der Waals surface area contributed by atoms with Crippen molar-refractivity contribution in [3.63, 3.8) is 0 Å². The van der Waals surface area contributed by atoms with Gasteiger partial charge in [0.15, 0.2) is 0 Å². The maximum Gasteiger partial charge on any atom is 0.309 e. The number of ketones is 1. The molecule has 3 aliphatic carbocycles. The Bertz CT molecular complexity index is 851. The van der Waals surface area contributed by atoms with E-state index in [0.29, 0.717) is 6.42 Å². The SMILES string of the molecule is COC(=O)Cc1ccc(N2CC[C@H]3C4CC(=O)C([C@H]32)[C@@H]2OC(=O)C[C@]42O)cc1. The molecular weight excluding hydrogens is 362 g/mol. The van der Waals surface area contributed by atoms with E-state index in [4.69, 9.17) is 9.47 Å². The van der Waals surface area contributed by atoms with Crippen LogP contribution in [0.2, 0.25) is 0 Å². The minimum atomic E-state index is -1.20. The number of Topliss-reactive ketones (excluding diaryl/α,β-unsaturated/α-hetero) is 1. The number of hydrogen-bond donors (Lipinski definition) is 1. The van der Waals surface area contributed by atoms with E-state index in [2.05, 4.69) is 4.90 Å². The van der Waals surface area contributed by atoms with Gasteiger partial charge in [0.05, 0.1) is 25.9 Å². The van der Waals surface area contributed by atoms with Crippen molar-refractivity contribution in [2.75, 3.05) is 18.6 Å². The number of rotatable bonds is 3. The molecule has 28 heavy (non-hydrogen) atoms. The van der Waals surface area contributed by atoms with Crippen LogP contribution in [0.4, 0.5) is 5.69 Å². The maximum atomic E-state index is 12.8. The van der Waals surface area contributed by atoms with Crippen LogP contribution in [0.3, 0.4) is 0 Å². The Hall–Kier alpha value is -2.41. The number of benzene rings is 1. The topological polar surface area (TPSA) is 93.1 Å². The number of nitrogens with zero attached hydrogens (tertiary/aromatic N) is 1. The number of carbonyl (C=O) groups excluding carboxylic acids is 3. The van der Waals surface area contributed by atoms with E-state index in [1.165, 1.54) is 7.11 Å². The first-order valence-corrected chi connectivity index (χ1v) is 9.79. The molecule has 2 bridgehead atoms. The van der Waals surface area contributed by atoms with Crippen molar-refractivity contribution in [1.29, 1.82) is 0 Å². The van der Waals surface area contributed by atoms with Crippen LogP contribution in [0.25, 0.3) is 0 Å². The summed E-state index contributed by atoms with van der Waals surface area (Å²) in [6.45, 7) is 0.794. The van der Waals surface area contributed by atoms with Gasteiger partial charge in [-0.2, -0.15) is 0 Å². The van der Waals surface area contributed by atoms with Crippen LogP contribution < -0.4 is 4.90 Å². The van der Waals surface area contributed by atoms with Crippen LogP contribution in [-0.4, -0.2) is 54.2 Å². The number of anilines is 1. The predicted octanol–water partition coefficient (Wildman–Crippen LogP) is 0.862. The Labute approximate surface area is 162 Å². The summed E-state index contributed by atoms with van der Waals surface area (Å²) in [6.07, 6.45) is 0.703. The summed E-state index contributed by atoms with van der Waals surface area (Å²) in [7, 11) is 1.37. The van der Waals surface area contributed by atoms with E-state index >= 15 is 0 Å². The van der Waals surface area contributed by atoms with E-state index < -0.39 is 23.6 Å². The van der Waals surface area contributed by atoms with Crippen LogP contribution in [0.15, 0.2) is 24.3 Å². The van der Waals surface area contributed by atoms with E-state index in [-0.39, 0.29) is 42.5 Å². The molecule has 6 atom stereocenters. The van der Waals surface area contributed by atoms with Crippen molar-refractivity contribution in [1.82, 2.24) is 0 Å². The maximum absolute atomic E-state index is 12.8. The van der Waals surface area contributed by atoms with Crippen molar-refractivity contribution in [3.8, 4) is 0 Å². The lowest BCUT2D eigenvalue weighted by atomic mass is 9.53. The van der Waals surface area contributed by atoms with Gasteiger partial charge in [0, 0.05) is 30.6 Å². The summed E-state index contributed by atoms with van der Waals surface area (Å²) in [5, 5.41) is 11.2. The molecular formula is C21H23NO6. The average Bonchev–Trinajstić information content (AvgIpc) is 3.24. The summed E-state index contributed by atoms with van der Waals surface area (Å²) >= 11 is 0. The molecule has 7 nitrogen and oxygen atoms in total. The number of carbonyl (C=O) groups is 3. The fraction of sp³-hybridized carbons (Fsp3) is 0.571. The van der Waals surface area contributed by atoms with Gasteiger partial charge in [-0.25, -0.2) is 0 Å². The summed E-state index contributed by atoms with van der Waals surface area (Å²) in [6, 6.07) is 7.65. The molecule has 2 aliphatic heterocycles. The van der Waals surface area contributed by atoms with Gasteiger partial charge in [-0.1, -0.05) is 12.1 Å². The summed E-state index contributed by atoms with van der Waals surface area (Å²) < 4.78 is 10.2. The number of hydrogen-bond acceptors (Lipinski definition) is 7. The van der Waals surface area contributed by atoms with Crippen LogP contribution in [0.1, 0.15) is 24.8 Å². The third-order valence-corrected chi connectivity index (χ3v) is 7.17. The first kappa shape index (κ1) is 17.7. The summed E-state index contributed by atoms with van der Waals surface area (Å²) in [4.78, 5) is 38.4. The molecule has 7 heteroatoms. The molecule has 6 rings (SSSR count). The van der Waals surface area contributed by atoms with E-state index in [1.54, 1.807) is 0 Å². The molecule has 2 unspecified atom stereocenters. The molecule has 2 saturated heterocycles. The Morgan fingerprint density at radius 3 is 2.79 bits per heavy atom. The Balaban J connectivity index is 1.44. The molecule has 5 aliphatic rings. The van der Waals surface area contributed by atoms with Crippen molar-refractivity contribution < 1.29 is 29.0 Å². The minimum absolute atomic E-state index is 0.00242. The van der Waals surface area contributed by atoms with E-state index in [0.717, 1.165) is 24.2 Å². The quantitative estimate of drug-likeness (QED) is 0.772. The second kappa shape index (κ2) is 6.04. The van der Waals surface area contributed by atoms with E-state index in [9.17, 15) is 19.5 Å². The minimum Gasteiger partial charge on any atom is -0.469 e. The second-order valence-electron chi connectivity index (χ2n) is 8.44. The molecule has 1 N–H and O–H groups in total. The Morgan fingerprint density at radius 2 is 2.07 bits per heavy atom. The molecule has 148 valence electrons. The first-order valence-electron chi connectivity index (χ1n) is 9.79. The lowest BCUT2D eigenvalue weighted by Gasteiger charge is -2.55. The summed E-state index contributed by atoms with van der Waals surface area (Å²) in [5.41, 5.74) is 0.651. The molecule has 5 fully saturated rings. The fourth-order valence-electron chi connectivity index (χ4n) is 6.02. The largest absolute Gasteiger partial charge is 0.469 e. The Morgan fingerprint density at radius 1 is 1.32 bits per heavy atom. The second-order valence-corrected chi connectivity index (χ2v) is 8.44. The summed E-state index contributed by atoms with van der Waals surface area (Å²) in [5.74, 6) is -1.14. The smallest absolute Gasteiger partial charge is 0.309 e. The number of aliphatic hydroxyl groups is 1. The number of esters is 2. The average molecular weight is 385 g/mol. The van der Waals surface area contributed by atoms with Crippen LogP contribution >= 0.6 is 0 Å². The van der Waals surface area contributed by atoms with Crippen molar-refractivity contribution in [2.24, 2.45) is 17.8 Å². The highest BCUT2D eigenvalue weighted by Crippen LogP contribution is 2.58. The highest BCUT2D eigenvalue weighted by Gasteiger charge is 2.71. The molecule has 1 aromatic carbocycles. The van der Waals surface area contributed by atoms with Gasteiger partial charge < -0.3 is 19.5 Å². The van der Waals surface area contributed by atoms with Gasteiger partial charge in [-0.3, -0.25) is 14.4 Å². The van der Waals surface area contributed by atoms with Gasteiger partial charge >= 0.3 is 11.9 Å². The van der Waals surface area contributed by atoms with Gasteiger partial charge in [0.25, 0.3) is 0 Å². The normalized spacial score (nSPS) is 38.2. The molecule has 1 aromatic rings.